The van der Waals surface area contributed by atoms with Gasteiger partial charge in [-0.2, -0.15) is 4.98 Å². The van der Waals surface area contributed by atoms with Crippen molar-refractivity contribution in [3.05, 3.63) is 41.3 Å². The van der Waals surface area contributed by atoms with Gasteiger partial charge < -0.3 is 0 Å². The monoisotopic (exact) mass is 228 g/mol. The maximum atomic E-state index is 4.94. The van der Waals surface area contributed by atoms with E-state index in [0.717, 1.165) is 16.5 Å². The summed E-state index contributed by atoms with van der Waals surface area (Å²) in [7, 11) is 0. The summed E-state index contributed by atoms with van der Waals surface area (Å²) < 4.78 is 0.447. The number of H-pyrrole nitrogens is 2. The third kappa shape index (κ3) is 1.42. The molecular formula is C11H8N4S. The van der Waals surface area contributed by atoms with E-state index < -0.39 is 0 Å². The second kappa shape index (κ2) is 3.53. The molecule has 0 aliphatic rings. The van der Waals surface area contributed by atoms with Crippen LogP contribution in [0.2, 0.25) is 0 Å². The van der Waals surface area contributed by atoms with Crippen LogP contribution in [0.4, 0.5) is 0 Å². The number of benzene rings is 1. The number of para-hydroxylation sites is 1. The number of aromatic nitrogens is 4. The topological polar surface area (TPSA) is 57.4 Å². The molecule has 0 unspecified atom stereocenters. The molecule has 2 heterocycles. The number of hydrogen-bond donors (Lipinski definition) is 2. The van der Waals surface area contributed by atoms with Crippen molar-refractivity contribution in [3.8, 4) is 11.4 Å². The standard InChI is InChI=1S/C11H8N4S/c16-11-13-10(14-15-11)8-5-1-3-7-4-2-6-12-9(7)8/h1-6H,(H2,13,14,15,16). The highest BCUT2D eigenvalue weighted by Crippen LogP contribution is 2.23. The maximum Gasteiger partial charge on any atom is 0.213 e. The van der Waals surface area contributed by atoms with E-state index in [9.17, 15) is 0 Å². The minimum atomic E-state index is 0.447. The van der Waals surface area contributed by atoms with E-state index in [4.69, 9.17) is 12.2 Å². The van der Waals surface area contributed by atoms with Crippen LogP contribution in [0.5, 0.6) is 0 Å². The molecule has 2 aromatic heterocycles. The Balaban J connectivity index is 2.35. The number of fused-ring (bicyclic) bond motifs is 1. The summed E-state index contributed by atoms with van der Waals surface area (Å²) >= 11 is 4.94. The van der Waals surface area contributed by atoms with E-state index in [0.29, 0.717) is 10.6 Å². The van der Waals surface area contributed by atoms with Crippen molar-refractivity contribution in [2.75, 3.05) is 0 Å². The summed E-state index contributed by atoms with van der Waals surface area (Å²) in [6.07, 6.45) is 1.77. The average Bonchev–Trinajstić information content (AvgIpc) is 2.75. The third-order valence-electron chi connectivity index (χ3n) is 2.39. The fourth-order valence-corrected chi connectivity index (χ4v) is 1.84. The second-order valence-corrected chi connectivity index (χ2v) is 3.78. The lowest BCUT2D eigenvalue weighted by atomic mass is 10.1. The van der Waals surface area contributed by atoms with E-state index in [1.165, 1.54) is 0 Å². The first-order valence-corrected chi connectivity index (χ1v) is 5.24. The Morgan fingerprint density at radius 2 is 1.94 bits per heavy atom. The fraction of sp³-hybridized carbons (Fsp3) is 0. The van der Waals surface area contributed by atoms with Crippen molar-refractivity contribution < 1.29 is 0 Å². The van der Waals surface area contributed by atoms with Crippen molar-refractivity contribution in [1.82, 2.24) is 20.2 Å². The summed E-state index contributed by atoms with van der Waals surface area (Å²) in [4.78, 5) is 8.55. The molecule has 0 spiro atoms. The van der Waals surface area contributed by atoms with Crippen molar-refractivity contribution in [2.24, 2.45) is 0 Å². The zero-order valence-electron chi connectivity index (χ0n) is 8.27. The minimum Gasteiger partial charge on any atom is -0.282 e. The van der Waals surface area contributed by atoms with Crippen LogP contribution in [0.15, 0.2) is 36.5 Å². The highest BCUT2D eigenvalue weighted by molar-refractivity contribution is 7.71. The Morgan fingerprint density at radius 1 is 1.06 bits per heavy atom. The third-order valence-corrected chi connectivity index (χ3v) is 2.58. The zero-order chi connectivity index (χ0) is 11.0. The SMILES string of the molecule is S=c1nc(-c2cccc3cccnc23)[nH][nH]1. The highest BCUT2D eigenvalue weighted by Gasteiger charge is 2.06. The van der Waals surface area contributed by atoms with E-state index in [-0.39, 0.29) is 0 Å². The molecule has 0 fully saturated rings. The Bertz CT molecular complexity index is 693. The summed E-state index contributed by atoms with van der Waals surface area (Å²) in [5.41, 5.74) is 1.87. The molecule has 3 rings (SSSR count). The zero-order valence-corrected chi connectivity index (χ0v) is 9.08. The van der Waals surface area contributed by atoms with Crippen LogP contribution in [0.25, 0.3) is 22.3 Å². The lowest BCUT2D eigenvalue weighted by Gasteiger charge is -2.01. The molecule has 78 valence electrons. The van der Waals surface area contributed by atoms with Gasteiger partial charge in [0.15, 0.2) is 5.82 Å². The smallest absolute Gasteiger partial charge is 0.213 e. The Morgan fingerprint density at radius 3 is 2.75 bits per heavy atom. The first-order chi connectivity index (χ1) is 7.84. The van der Waals surface area contributed by atoms with Gasteiger partial charge in [0.05, 0.1) is 5.52 Å². The van der Waals surface area contributed by atoms with Crippen molar-refractivity contribution in [3.63, 3.8) is 0 Å². The molecule has 5 heteroatoms. The number of aromatic amines is 2. The Hall–Kier alpha value is -2.01. The van der Waals surface area contributed by atoms with Crippen LogP contribution < -0.4 is 0 Å². The molecule has 0 saturated carbocycles. The highest BCUT2D eigenvalue weighted by atomic mass is 32.1. The van der Waals surface area contributed by atoms with Crippen molar-refractivity contribution >= 4 is 23.1 Å². The molecule has 0 amide bonds. The molecule has 0 atom stereocenters. The Kier molecular flexibility index (Phi) is 2.04. The number of rotatable bonds is 1. The lowest BCUT2D eigenvalue weighted by molar-refractivity contribution is 1.08. The molecule has 3 aromatic rings. The number of nitrogens with zero attached hydrogens (tertiary/aromatic N) is 2. The minimum absolute atomic E-state index is 0.447. The summed E-state index contributed by atoms with van der Waals surface area (Å²) in [5.74, 6) is 0.717. The number of pyridine rings is 1. The van der Waals surface area contributed by atoms with Gasteiger partial charge in [-0.3, -0.25) is 15.2 Å². The van der Waals surface area contributed by atoms with Crippen molar-refractivity contribution in [1.29, 1.82) is 0 Å². The second-order valence-electron chi connectivity index (χ2n) is 3.40. The van der Waals surface area contributed by atoms with Crippen LogP contribution in [-0.2, 0) is 0 Å². The fourth-order valence-electron chi connectivity index (χ4n) is 1.69. The van der Waals surface area contributed by atoms with E-state index in [1.54, 1.807) is 6.20 Å². The summed E-state index contributed by atoms with van der Waals surface area (Å²) in [5, 5.41) is 6.80. The van der Waals surface area contributed by atoms with Gasteiger partial charge in [0, 0.05) is 17.1 Å². The van der Waals surface area contributed by atoms with E-state index >= 15 is 0 Å². The molecule has 4 nitrogen and oxygen atoms in total. The van der Waals surface area contributed by atoms with Gasteiger partial charge in [0.1, 0.15) is 0 Å². The number of hydrogen-bond acceptors (Lipinski definition) is 3. The Labute approximate surface area is 96.4 Å². The maximum absolute atomic E-state index is 4.94. The van der Waals surface area contributed by atoms with E-state index in [1.807, 2.05) is 30.3 Å². The van der Waals surface area contributed by atoms with Crippen LogP contribution in [-0.4, -0.2) is 20.2 Å². The van der Waals surface area contributed by atoms with Gasteiger partial charge in [-0.1, -0.05) is 18.2 Å². The molecule has 16 heavy (non-hydrogen) atoms. The van der Waals surface area contributed by atoms with Gasteiger partial charge in [-0.15, -0.1) is 0 Å². The molecule has 0 bridgehead atoms. The molecular weight excluding hydrogens is 220 g/mol. The predicted octanol–water partition coefficient (Wildman–Crippen LogP) is 2.68. The average molecular weight is 228 g/mol. The summed E-state index contributed by atoms with van der Waals surface area (Å²) in [6, 6.07) is 9.90. The lowest BCUT2D eigenvalue weighted by Crippen LogP contribution is -1.86. The first-order valence-electron chi connectivity index (χ1n) is 4.83. The van der Waals surface area contributed by atoms with Gasteiger partial charge in [0.25, 0.3) is 0 Å². The van der Waals surface area contributed by atoms with Crippen molar-refractivity contribution in [2.45, 2.75) is 0 Å². The molecule has 0 aliphatic carbocycles. The van der Waals surface area contributed by atoms with E-state index in [2.05, 4.69) is 20.2 Å². The van der Waals surface area contributed by atoms with Crippen LogP contribution in [0, 0.1) is 4.77 Å². The predicted molar refractivity (Wildman–Crippen MR) is 64.5 cm³/mol. The van der Waals surface area contributed by atoms with Crippen LogP contribution >= 0.6 is 12.2 Å². The quantitative estimate of drug-likeness (QED) is 0.629. The first kappa shape index (κ1) is 9.23. The van der Waals surface area contributed by atoms with Gasteiger partial charge in [0.2, 0.25) is 4.77 Å². The van der Waals surface area contributed by atoms with Crippen LogP contribution in [0.1, 0.15) is 0 Å². The normalized spacial score (nSPS) is 10.8. The largest absolute Gasteiger partial charge is 0.282 e. The molecule has 2 N–H and O–H groups in total. The molecule has 1 aromatic carbocycles. The molecule has 0 radical (unpaired) electrons. The molecule has 0 aliphatic heterocycles. The van der Waals surface area contributed by atoms with Gasteiger partial charge in [-0.25, -0.2) is 0 Å². The number of nitrogens with one attached hydrogen (secondary N) is 2. The van der Waals surface area contributed by atoms with Gasteiger partial charge >= 0.3 is 0 Å². The van der Waals surface area contributed by atoms with Gasteiger partial charge in [-0.05, 0) is 24.4 Å². The molecule has 0 saturated heterocycles. The summed E-state index contributed by atoms with van der Waals surface area (Å²) in [6.45, 7) is 0. The van der Waals surface area contributed by atoms with Crippen LogP contribution in [0.3, 0.4) is 0 Å².